The highest BCUT2D eigenvalue weighted by molar-refractivity contribution is 4.87. The zero-order valence-corrected chi connectivity index (χ0v) is 10.8. The second-order valence-electron chi connectivity index (χ2n) is 5.50. The van der Waals surface area contributed by atoms with Gasteiger partial charge in [0.15, 0.2) is 0 Å². The summed E-state index contributed by atoms with van der Waals surface area (Å²) in [5.74, 6) is 1.35. The quantitative estimate of drug-likeness (QED) is 0.694. The van der Waals surface area contributed by atoms with Crippen molar-refractivity contribution in [3.05, 3.63) is 0 Å². The standard InChI is InChI=1S/C14H28O/c1-4-7-12(3)14(15)10-6-8-13(5-2)9-11-14/h12-13,15H,4-11H2,1-3H3. The molecule has 1 saturated carbocycles. The predicted molar refractivity (Wildman–Crippen MR) is 65.9 cm³/mol. The molecule has 1 rings (SSSR count). The van der Waals surface area contributed by atoms with Crippen molar-refractivity contribution in [2.45, 2.75) is 77.7 Å². The molecule has 0 bridgehead atoms. The van der Waals surface area contributed by atoms with Crippen molar-refractivity contribution < 1.29 is 5.11 Å². The molecule has 0 amide bonds. The van der Waals surface area contributed by atoms with Gasteiger partial charge in [-0.15, -0.1) is 0 Å². The second-order valence-corrected chi connectivity index (χ2v) is 5.50. The van der Waals surface area contributed by atoms with E-state index in [-0.39, 0.29) is 5.60 Å². The minimum absolute atomic E-state index is 0.347. The molecule has 0 heterocycles. The van der Waals surface area contributed by atoms with Crippen molar-refractivity contribution in [2.24, 2.45) is 11.8 Å². The summed E-state index contributed by atoms with van der Waals surface area (Å²) in [6, 6.07) is 0. The van der Waals surface area contributed by atoms with Crippen LogP contribution in [0.5, 0.6) is 0 Å². The summed E-state index contributed by atoms with van der Waals surface area (Å²) < 4.78 is 0. The van der Waals surface area contributed by atoms with Gasteiger partial charge in [-0.05, 0) is 37.5 Å². The maximum atomic E-state index is 10.7. The topological polar surface area (TPSA) is 20.2 Å². The van der Waals surface area contributed by atoms with Gasteiger partial charge < -0.3 is 5.11 Å². The zero-order chi connectivity index (χ0) is 11.3. The van der Waals surface area contributed by atoms with Crippen molar-refractivity contribution in [1.29, 1.82) is 0 Å². The van der Waals surface area contributed by atoms with E-state index in [4.69, 9.17) is 0 Å². The number of rotatable bonds is 4. The Hall–Kier alpha value is -0.0400. The Bertz CT molecular complexity index is 178. The van der Waals surface area contributed by atoms with Crippen LogP contribution in [-0.2, 0) is 0 Å². The van der Waals surface area contributed by atoms with Crippen LogP contribution in [0, 0.1) is 11.8 Å². The van der Waals surface area contributed by atoms with Gasteiger partial charge in [-0.3, -0.25) is 0 Å². The normalized spacial score (nSPS) is 34.8. The molecular formula is C14H28O. The summed E-state index contributed by atoms with van der Waals surface area (Å²) in [5, 5.41) is 10.7. The van der Waals surface area contributed by atoms with E-state index in [0.29, 0.717) is 5.92 Å². The summed E-state index contributed by atoms with van der Waals surface area (Å²) in [5.41, 5.74) is -0.347. The number of aliphatic hydroxyl groups is 1. The largest absolute Gasteiger partial charge is 0.390 e. The lowest BCUT2D eigenvalue weighted by atomic mass is 9.80. The SMILES string of the molecule is CCCC(C)C1(O)CCCC(CC)CC1. The van der Waals surface area contributed by atoms with Crippen molar-refractivity contribution in [3.63, 3.8) is 0 Å². The fourth-order valence-electron chi connectivity index (χ4n) is 3.02. The maximum Gasteiger partial charge on any atom is 0.0673 e. The van der Waals surface area contributed by atoms with E-state index in [9.17, 15) is 5.11 Å². The third kappa shape index (κ3) is 3.48. The summed E-state index contributed by atoms with van der Waals surface area (Å²) in [6.07, 6.45) is 9.52. The molecule has 1 nitrogen and oxygen atoms in total. The average molecular weight is 212 g/mol. The summed E-state index contributed by atoms with van der Waals surface area (Å²) in [4.78, 5) is 0. The van der Waals surface area contributed by atoms with E-state index in [1.165, 1.54) is 38.5 Å². The third-order valence-electron chi connectivity index (χ3n) is 4.42. The Balaban J connectivity index is 2.53. The highest BCUT2D eigenvalue weighted by Crippen LogP contribution is 2.37. The smallest absolute Gasteiger partial charge is 0.0673 e. The lowest BCUT2D eigenvalue weighted by Gasteiger charge is -2.33. The lowest BCUT2D eigenvalue weighted by molar-refractivity contribution is -0.0294. The Morgan fingerprint density at radius 2 is 2.00 bits per heavy atom. The van der Waals surface area contributed by atoms with Crippen LogP contribution >= 0.6 is 0 Å². The van der Waals surface area contributed by atoms with E-state index >= 15 is 0 Å². The van der Waals surface area contributed by atoms with Gasteiger partial charge in [0.1, 0.15) is 0 Å². The Kier molecular flexibility index (Phi) is 5.11. The number of hydrogen-bond acceptors (Lipinski definition) is 1. The van der Waals surface area contributed by atoms with E-state index in [0.717, 1.165) is 18.8 Å². The fourth-order valence-corrected chi connectivity index (χ4v) is 3.02. The van der Waals surface area contributed by atoms with Crippen LogP contribution in [0.25, 0.3) is 0 Å². The van der Waals surface area contributed by atoms with Crippen LogP contribution in [0.3, 0.4) is 0 Å². The fraction of sp³-hybridized carbons (Fsp3) is 1.00. The molecule has 1 N–H and O–H groups in total. The Morgan fingerprint density at radius 3 is 2.60 bits per heavy atom. The van der Waals surface area contributed by atoms with Gasteiger partial charge in [-0.2, -0.15) is 0 Å². The number of hydrogen-bond donors (Lipinski definition) is 1. The maximum absolute atomic E-state index is 10.7. The van der Waals surface area contributed by atoms with Crippen LogP contribution in [0.2, 0.25) is 0 Å². The van der Waals surface area contributed by atoms with Crippen LogP contribution in [-0.4, -0.2) is 10.7 Å². The van der Waals surface area contributed by atoms with E-state index in [1.54, 1.807) is 0 Å². The molecule has 3 unspecified atom stereocenters. The van der Waals surface area contributed by atoms with Gasteiger partial charge in [0.05, 0.1) is 5.60 Å². The monoisotopic (exact) mass is 212 g/mol. The molecule has 15 heavy (non-hydrogen) atoms. The average Bonchev–Trinajstić information content (AvgIpc) is 2.41. The zero-order valence-electron chi connectivity index (χ0n) is 10.8. The van der Waals surface area contributed by atoms with Gasteiger partial charge in [0.25, 0.3) is 0 Å². The van der Waals surface area contributed by atoms with Gasteiger partial charge in [-0.25, -0.2) is 0 Å². The first-order valence-corrected chi connectivity index (χ1v) is 6.84. The molecule has 1 aliphatic rings. The highest BCUT2D eigenvalue weighted by atomic mass is 16.3. The first-order valence-electron chi connectivity index (χ1n) is 6.84. The van der Waals surface area contributed by atoms with Crippen LogP contribution in [0.1, 0.15) is 72.1 Å². The molecular weight excluding hydrogens is 184 g/mol. The molecule has 0 spiro atoms. The molecule has 0 saturated heterocycles. The molecule has 1 heteroatoms. The molecule has 0 aromatic heterocycles. The van der Waals surface area contributed by atoms with E-state index in [2.05, 4.69) is 20.8 Å². The molecule has 0 aromatic carbocycles. The van der Waals surface area contributed by atoms with Crippen LogP contribution < -0.4 is 0 Å². The minimum atomic E-state index is -0.347. The molecule has 1 aliphatic carbocycles. The second kappa shape index (κ2) is 5.89. The highest BCUT2D eigenvalue weighted by Gasteiger charge is 2.34. The van der Waals surface area contributed by atoms with Crippen LogP contribution in [0.4, 0.5) is 0 Å². The lowest BCUT2D eigenvalue weighted by Crippen LogP contribution is -2.35. The molecule has 0 aromatic rings. The van der Waals surface area contributed by atoms with Gasteiger partial charge >= 0.3 is 0 Å². The van der Waals surface area contributed by atoms with Crippen molar-refractivity contribution in [3.8, 4) is 0 Å². The van der Waals surface area contributed by atoms with Gasteiger partial charge in [0, 0.05) is 0 Å². The van der Waals surface area contributed by atoms with Crippen molar-refractivity contribution in [2.75, 3.05) is 0 Å². The Labute approximate surface area is 95.3 Å². The third-order valence-corrected chi connectivity index (χ3v) is 4.42. The summed E-state index contributed by atoms with van der Waals surface area (Å²) >= 11 is 0. The molecule has 1 fully saturated rings. The minimum Gasteiger partial charge on any atom is -0.390 e. The van der Waals surface area contributed by atoms with Crippen molar-refractivity contribution in [1.82, 2.24) is 0 Å². The first-order chi connectivity index (χ1) is 7.12. The Morgan fingerprint density at radius 1 is 1.27 bits per heavy atom. The van der Waals surface area contributed by atoms with Crippen molar-refractivity contribution >= 4 is 0 Å². The summed E-state index contributed by atoms with van der Waals surface area (Å²) in [7, 11) is 0. The predicted octanol–water partition coefficient (Wildman–Crippen LogP) is 4.14. The van der Waals surface area contributed by atoms with E-state index < -0.39 is 0 Å². The van der Waals surface area contributed by atoms with Gasteiger partial charge in [-0.1, -0.05) is 46.5 Å². The van der Waals surface area contributed by atoms with Crippen LogP contribution in [0.15, 0.2) is 0 Å². The molecule has 3 atom stereocenters. The summed E-state index contributed by atoms with van der Waals surface area (Å²) in [6.45, 7) is 6.73. The first kappa shape index (κ1) is 13.0. The molecule has 0 radical (unpaired) electrons. The molecule has 90 valence electrons. The van der Waals surface area contributed by atoms with Gasteiger partial charge in [0.2, 0.25) is 0 Å². The van der Waals surface area contributed by atoms with E-state index in [1.807, 2.05) is 0 Å². The molecule has 0 aliphatic heterocycles.